The Balaban J connectivity index is 2.08. The van der Waals surface area contributed by atoms with Gasteiger partial charge in [0.2, 0.25) is 5.43 Å². The summed E-state index contributed by atoms with van der Waals surface area (Å²) in [5.74, 6) is -0.0320. The van der Waals surface area contributed by atoms with Gasteiger partial charge in [-0.15, -0.1) is 0 Å². The van der Waals surface area contributed by atoms with Crippen LogP contribution in [0.25, 0.3) is 11.1 Å². The van der Waals surface area contributed by atoms with Crippen LogP contribution < -0.4 is 11.2 Å². The topological polar surface area (TPSA) is 65.1 Å². The van der Waals surface area contributed by atoms with E-state index in [0.717, 1.165) is 17.7 Å². The molecular formula is C18H20N2O2. The highest BCUT2D eigenvalue weighted by atomic mass is 16.2. The summed E-state index contributed by atoms with van der Waals surface area (Å²) in [5, 5.41) is 0. The number of amides is 1. The lowest BCUT2D eigenvalue weighted by atomic mass is 9.85. The van der Waals surface area contributed by atoms with Gasteiger partial charge in [-0.1, -0.05) is 36.2 Å². The van der Waals surface area contributed by atoms with Crippen molar-refractivity contribution in [3.8, 4) is 11.1 Å². The Kier molecular flexibility index (Phi) is 3.84. The Morgan fingerprint density at radius 1 is 1.23 bits per heavy atom. The lowest BCUT2D eigenvalue weighted by Crippen LogP contribution is -2.26. The van der Waals surface area contributed by atoms with E-state index in [-0.39, 0.29) is 11.0 Å². The van der Waals surface area contributed by atoms with E-state index < -0.39 is 5.91 Å². The molecule has 114 valence electrons. The lowest BCUT2D eigenvalue weighted by Gasteiger charge is -2.26. The van der Waals surface area contributed by atoms with Crippen LogP contribution in [0.4, 0.5) is 0 Å². The van der Waals surface area contributed by atoms with Crippen molar-refractivity contribution in [3.63, 3.8) is 0 Å². The second kappa shape index (κ2) is 5.79. The number of nitrogens with zero attached hydrogens (tertiary/aromatic N) is 1. The van der Waals surface area contributed by atoms with Crippen molar-refractivity contribution in [2.45, 2.75) is 32.7 Å². The maximum atomic E-state index is 12.5. The van der Waals surface area contributed by atoms with Crippen molar-refractivity contribution in [1.29, 1.82) is 0 Å². The number of pyridine rings is 1. The third-order valence-electron chi connectivity index (χ3n) is 4.40. The highest BCUT2D eigenvalue weighted by Gasteiger charge is 2.19. The highest BCUT2D eigenvalue weighted by molar-refractivity contribution is 5.93. The zero-order valence-electron chi connectivity index (χ0n) is 12.7. The molecule has 2 N–H and O–H groups in total. The molecule has 1 aliphatic rings. The number of primary amides is 1. The van der Waals surface area contributed by atoms with Gasteiger partial charge in [-0.3, -0.25) is 9.59 Å². The van der Waals surface area contributed by atoms with Gasteiger partial charge < -0.3 is 10.3 Å². The summed E-state index contributed by atoms with van der Waals surface area (Å²) in [6, 6.07) is 7.74. The molecule has 0 unspecified atom stereocenters. The van der Waals surface area contributed by atoms with E-state index >= 15 is 0 Å². The molecule has 0 saturated heterocycles. The maximum Gasteiger partial charge on any atom is 0.254 e. The van der Waals surface area contributed by atoms with Crippen LogP contribution in [0, 0.1) is 12.8 Å². The van der Waals surface area contributed by atoms with Gasteiger partial charge in [-0.25, -0.2) is 0 Å². The summed E-state index contributed by atoms with van der Waals surface area (Å²) in [6.07, 6.45) is 7.12. The Bertz CT molecular complexity index is 756. The first-order chi connectivity index (χ1) is 10.5. The first-order valence-electron chi connectivity index (χ1n) is 7.65. The normalized spacial score (nSPS) is 14.6. The van der Waals surface area contributed by atoms with Crippen molar-refractivity contribution in [1.82, 2.24) is 4.57 Å². The molecule has 0 aliphatic heterocycles. The maximum absolute atomic E-state index is 12.5. The number of nitrogens with two attached hydrogens (primary N) is 1. The first-order valence-corrected chi connectivity index (χ1v) is 7.65. The molecule has 1 aromatic carbocycles. The standard InChI is InChI=1S/C18H20N2O2/c1-12-5-7-14(8-6-12)15-10-20(9-13-3-2-4-13)11-16(17(15)21)18(19)22/h5-8,10-11,13H,2-4,9H2,1H3,(H2,19,22). The van der Waals surface area contributed by atoms with Gasteiger partial charge in [0.15, 0.2) is 0 Å². The zero-order valence-corrected chi connectivity index (χ0v) is 12.7. The fourth-order valence-electron chi connectivity index (χ4n) is 2.82. The lowest BCUT2D eigenvalue weighted by molar-refractivity contribution is 0.0998. The molecule has 2 aromatic rings. The molecular weight excluding hydrogens is 276 g/mol. The number of aryl methyl sites for hydroxylation is 1. The molecule has 0 bridgehead atoms. The summed E-state index contributed by atoms with van der Waals surface area (Å²) in [5.41, 5.74) is 7.64. The Hall–Kier alpha value is -2.36. The minimum absolute atomic E-state index is 0.0670. The Labute approximate surface area is 129 Å². The van der Waals surface area contributed by atoms with Crippen molar-refractivity contribution in [2.75, 3.05) is 0 Å². The Morgan fingerprint density at radius 3 is 2.45 bits per heavy atom. The van der Waals surface area contributed by atoms with Crippen molar-refractivity contribution >= 4 is 5.91 Å². The van der Waals surface area contributed by atoms with Crippen LogP contribution in [0.3, 0.4) is 0 Å². The molecule has 1 saturated carbocycles. The van der Waals surface area contributed by atoms with Crippen LogP contribution in [0.15, 0.2) is 41.5 Å². The summed E-state index contributed by atoms with van der Waals surface area (Å²) < 4.78 is 1.94. The number of hydrogen-bond donors (Lipinski definition) is 1. The molecule has 3 rings (SSSR count). The smallest absolute Gasteiger partial charge is 0.254 e. The van der Waals surface area contributed by atoms with Gasteiger partial charge in [-0.05, 0) is 31.2 Å². The molecule has 1 aromatic heterocycles. The summed E-state index contributed by atoms with van der Waals surface area (Å²) in [4.78, 5) is 24.1. The molecule has 4 nitrogen and oxygen atoms in total. The number of aromatic nitrogens is 1. The van der Waals surface area contributed by atoms with Crippen molar-refractivity contribution in [2.24, 2.45) is 11.7 Å². The molecule has 0 radical (unpaired) electrons. The molecule has 1 heterocycles. The zero-order chi connectivity index (χ0) is 15.7. The number of benzene rings is 1. The van der Waals surface area contributed by atoms with E-state index in [9.17, 15) is 9.59 Å². The van der Waals surface area contributed by atoms with Crippen LogP contribution in [0.5, 0.6) is 0 Å². The SMILES string of the molecule is Cc1ccc(-c2cn(CC3CCC3)cc(C(N)=O)c2=O)cc1. The van der Waals surface area contributed by atoms with E-state index in [1.54, 1.807) is 6.20 Å². The minimum atomic E-state index is -0.665. The van der Waals surface area contributed by atoms with Gasteiger partial charge in [-0.2, -0.15) is 0 Å². The largest absolute Gasteiger partial charge is 0.365 e. The predicted octanol–water partition coefficient (Wildman–Crippen LogP) is 2.72. The number of carbonyl (C=O) groups is 1. The molecule has 22 heavy (non-hydrogen) atoms. The summed E-state index contributed by atoms with van der Waals surface area (Å²) in [7, 11) is 0. The third-order valence-corrected chi connectivity index (χ3v) is 4.40. The molecule has 1 fully saturated rings. The Morgan fingerprint density at radius 2 is 1.91 bits per heavy atom. The first kappa shape index (κ1) is 14.6. The van der Waals surface area contributed by atoms with Crippen LogP contribution in [0.1, 0.15) is 35.2 Å². The van der Waals surface area contributed by atoms with Gasteiger partial charge in [0, 0.05) is 24.5 Å². The third kappa shape index (κ3) is 2.82. The number of hydrogen-bond acceptors (Lipinski definition) is 2. The molecule has 0 spiro atoms. The van der Waals surface area contributed by atoms with Gasteiger partial charge >= 0.3 is 0 Å². The van der Waals surface area contributed by atoms with E-state index in [1.807, 2.05) is 42.0 Å². The monoisotopic (exact) mass is 296 g/mol. The van der Waals surface area contributed by atoms with Crippen LogP contribution in [0.2, 0.25) is 0 Å². The van der Waals surface area contributed by atoms with E-state index in [4.69, 9.17) is 5.73 Å². The van der Waals surface area contributed by atoms with Crippen LogP contribution >= 0.6 is 0 Å². The fourth-order valence-corrected chi connectivity index (χ4v) is 2.82. The van der Waals surface area contributed by atoms with Gasteiger partial charge in [0.05, 0.1) is 0 Å². The van der Waals surface area contributed by atoms with Gasteiger partial charge in [0.25, 0.3) is 5.91 Å². The quantitative estimate of drug-likeness (QED) is 0.942. The second-order valence-corrected chi connectivity index (χ2v) is 6.14. The van der Waals surface area contributed by atoms with Crippen molar-refractivity contribution in [3.05, 3.63) is 58.0 Å². The van der Waals surface area contributed by atoms with E-state index in [1.165, 1.54) is 19.3 Å². The predicted molar refractivity (Wildman–Crippen MR) is 86.7 cm³/mol. The van der Waals surface area contributed by atoms with Crippen LogP contribution in [-0.2, 0) is 6.54 Å². The molecule has 0 atom stereocenters. The molecule has 4 heteroatoms. The summed E-state index contributed by atoms with van der Waals surface area (Å²) >= 11 is 0. The fraction of sp³-hybridized carbons (Fsp3) is 0.333. The van der Waals surface area contributed by atoms with Gasteiger partial charge in [0.1, 0.15) is 5.56 Å². The minimum Gasteiger partial charge on any atom is -0.365 e. The average Bonchev–Trinajstić information content (AvgIpc) is 2.45. The van der Waals surface area contributed by atoms with Crippen LogP contribution in [-0.4, -0.2) is 10.5 Å². The van der Waals surface area contributed by atoms with E-state index in [0.29, 0.717) is 11.5 Å². The molecule has 1 amide bonds. The second-order valence-electron chi connectivity index (χ2n) is 6.14. The summed E-state index contributed by atoms with van der Waals surface area (Å²) in [6.45, 7) is 2.83. The number of rotatable bonds is 4. The average molecular weight is 296 g/mol. The van der Waals surface area contributed by atoms with E-state index in [2.05, 4.69) is 0 Å². The van der Waals surface area contributed by atoms with Crippen molar-refractivity contribution < 1.29 is 4.79 Å². The number of carbonyl (C=O) groups excluding carboxylic acids is 1. The highest BCUT2D eigenvalue weighted by Crippen LogP contribution is 2.28. The molecule has 1 aliphatic carbocycles.